The Hall–Kier alpha value is -1.59. The Morgan fingerprint density at radius 1 is 0.333 bits per heavy atom. The molecular weight excluding hydrogens is 709 g/mol. The number of esters is 3. The summed E-state index contributed by atoms with van der Waals surface area (Å²) < 4.78 is 16.8. The van der Waals surface area contributed by atoms with Gasteiger partial charge in [-0.25, -0.2) is 0 Å². The van der Waals surface area contributed by atoms with E-state index >= 15 is 0 Å². The summed E-state index contributed by atoms with van der Waals surface area (Å²) in [6.07, 6.45) is 43.8. The average Bonchev–Trinajstić information content (AvgIpc) is 3.18. The number of hydrogen-bond acceptors (Lipinski definition) is 6. The van der Waals surface area contributed by atoms with Crippen molar-refractivity contribution < 1.29 is 28.6 Å². The zero-order valence-corrected chi connectivity index (χ0v) is 39.0. The van der Waals surface area contributed by atoms with Gasteiger partial charge in [0.15, 0.2) is 6.10 Å². The van der Waals surface area contributed by atoms with Gasteiger partial charge in [-0.3, -0.25) is 14.4 Å². The number of rotatable bonds is 45. The average molecular weight is 807 g/mol. The van der Waals surface area contributed by atoms with Gasteiger partial charge in [-0.1, -0.05) is 240 Å². The molecule has 338 valence electrons. The van der Waals surface area contributed by atoms with E-state index in [4.69, 9.17) is 14.2 Å². The monoisotopic (exact) mass is 807 g/mol. The molecule has 6 nitrogen and oxygen atoms in total. The Balaban J connectivity index is 4.30. The fourth-order valence-electron chi connectivity index (χ4n) is 7.64. The van der Waals surface area contributed by atoms with Crippen LogP contribution < -0.4 is 0 Å². The van der Waals surface area contributed by atoms with Gasteiger partial charge in [-0.15, -0.1) is 0 Å². The third-order valence-electron chi connectivity index (χ3n) is 11.5. The second kappa shape index (κ2) is 44.0. The number of carbonyl (C=O) groups excluding carboxylic acids is 3. The van der Waals surface area contributed by atoms with E-state index in [0.29, 0.717) is 19.3 Å². The zero-order chi connectivity index (χ0) is 41.9. The first-order valence-electron chi connectivity index (χ1n) is 25.2. The summed E-state index contributed by atoms with van der Waals surface area (Å²) >= 11 is 0. The molecule has 6 heteroatoms. The van der Waals surface area contributed by atoms with Crippen LogP contribution in [0.3, 0.4) is 0 Å². The topological polar surface area (TPSA) is 78.9 Å². The Kier molecular flexibility index (Phi) is 42.7. The van der Waals surface area contributed by atoms with Crippen LogP contribution in [0.4, 0.5) is 0 Å². The molecule has 0 fully saturated rings. The molecule has 57 heavy (non-hydrogen) atoms. The van der Waals surface area contributed by atoms with E-state index < -0.39 is 6.10 Å². The molecular formula is C51H98O6. The molecule has 0 aliphatic rings. The molecule has 0 N–H and O–H groups in total. The molecule has 0 saturated heterocycles. The van der Waals surface area contributed by atoms with Crippen molar-refractivity contribution in [3.8, 4) is 0 Å². The van der Waals surface area contributed by atoms with Gasteiger partial charge in [0.05, 0.1) is 0 Å². The molecule has 0 aliphatic carbocycles. The lowest BCUT2D eigenvalue weighted by Gasteiger charge is -2.18. The Morgan fingerprint density at radius 2 is 0.579 bits per heavy atom. The van der Waals surface area contributed by atoms with E-state index in [9.17, 15) is 14.4 Å². The highest BCUT2D eigenvalue weighted by Gasteiger charge is 2.19. The smallest absolute Gasteiger partial charge is 0.306 e. The normalized spacial score (nSPS) is 12.1. The fourth-order valence-corrected chi connectivity index (χ4v) is 7.64. The second-order valence-electron chi connectivity index (χ2n) is 18.4. The summed E-state index contributed by atoms with van der Waals surface area (Å²) in [7, 11) is 0. The van der Waals surface area contributed by atoms with Crippen molar-refractivity contribution in [2.45, 2.75) is 285 Å². The molecule has 0 spiro atoms. The van der Waals surface area contributed by atoms with E-state index in [0.717, 1.165) is 69.6 Å². The summed E-state index contributed by atoms with van der Waals surface area (Å²) in [6, 6.07) is 0. The van der Waals surface area contributed by atoms with E-state index in [1.54, 1.807) is 0 Å². The van der Waals surface area contributed by atoms with Crippen molar-refractivity contribution in [3.63, 3.8) is 0 Å². The van der Waals surface area contributed by atoms with Crippen LogP contribution in [0.25, 0.3) is 0 Å². The van der Waals surface area contributed by atoms with Crippen molar-refractivity contribution >= 4 is 17.9 Å². The molecule has 0 aliphatic heterocycles. The molecule has 0 rings (SSSR count). The summed E-state index contributed by atoms with van der Waals surface area (Å²) in [4.78, 5) is 37.9. The van der Waals surface area contributed by atoms with Gasteiger partial charge in [0, 0.05) is 19.3 Å². The molecule has 0 amide bonds. The number of carbonyl (C=O) groups is 3. The van der Waals surface area contributed by atoms with E-state index in [-0.39, 0.29) is 31.1 Å². The summed E-state index contributed by atoms with van der Waals surface area (Å²) in [6.45, 7) is 11.3. The summed E-state index contributed by atoms with van der Waals surface area (Å²) in [5.41, 5.74) is 0. The van der Waals surface area contributed by atoms with Crippen LogP contribution >= 0.6 is 0 Å². The summed E-state index contributed by atoms with van der Waals surface area (Å²) in [5.74, 6) is 0.747. The molecule has 0 aromatic rings. The first-order chi connectivity index (χ1) is 27.7. The van der Waals surface area contributed by atoms with Gasteiger partial charge in [-0.2, -0.15) is 0 Å². The minimum Gasteiger partial charge on any atom is -0.462 e. The van der Waals surface area contributed by atoms with Crippen molar-refractivity contribution in [2.24, 2.45) is 11.8 Å². The molecule has 0 heterocycles. The third-order valence-corrected chi connectivity index (χ3v) is 11.5. The third kappa shape index (κ3) is 45.3. The van der Waals surface area contributed by atoms with Crippen LogP contribution in [-0.2, 0) is 28.6 Å². The predicted octanol–water partition coefficient (Wildman–Crippen LogP) is 16.1. The second-order valence-corrected chi connectivity index (χ2v) is 18.4. The maximum atomic E-state index is 12.8. The van der Waals surface area contributed by atoms with E-state index in [1.165, 1.54) is 167 Å². The lowest BCUT2D eigenvalue weighted by atomic mass is 10.0. The maximum absolute atomic E-state index is 12.8. The van der Waals surface area contributed by atoms with Gasteiger partial charge in [0.1, 0.15) is 13.2 Å². The Bertz CT molecular complexity index is 870. The van der Waals surface area contributed by atoms with Crippen molar-refractivity contribution in [1.29, 1.82) is 0 Å². The van der Waals surface area contributed by atoms with Crippen LogP contribution in [0, 0.1) is 11.8 Å². The first kappa shape index (κ1) is 55.4. The highest BCUT2D eigenvalue weighted by molar-refractivity contribution is 5.71. The maximum Gasteiger partial charge on any atom is 0.306 e. The highest BCUT2D eigenvalue weighted by Crippen LogP contribution is 2.17. The first-order valence-corrected chi connectivity index (χ1v) is 25.2. The van der Waals surface area contributed by atoms with Crippen molar-refractivity contribution in [1.82, 2.24) is 0 Å². The van der Waals surface area contributed by atoms with Gasteiger partial charge in [0.2, 0.25) is 0 Å². The highest BCUT2D eigenvalue weighted by atomic mass is 16.6. The lowest BCUT2D eigenvalue weighted by Crippen LogP contribution is -2.30. The lowest BCUT2D eigenvalue weighted by molar-refractivity contribution is -0.167. The van der Waals surface area contributed by atoms with Crippen LogP contribution in [0.15, 0.2) is 0 Å². The van der Waals surface area contributed by atoms with Gasteiger partial charge >= 0.3 is 17.9 Å². The van der Waals surface area contributed by atoms with Gasteiger partial charge < -0.3 is 14.2 Å². The predicted molar refractivity (Wildman–Crippen MR) is 243 cm³/mol. The summed E-state index contributed by atoms with van der Waals surface area (Å²) in [5, 5.41) is 0. The molecule has 0 aromatic carbocycles. The van der Waals surface area contributed by atoms with Crippen molar-refractivity contribution in [2.75, 3.05) is 13.2 Å². The SMILES string of the molecule is CCCCCCCCCCCCCCCCCCC(=O)O[C@H](COC(=O)CCCCCCCCCCCCC(C)C)COC(=O)CCCCCCCCCC(C)C. The molecule has 0 aromatic heterocycles. The molecule has 1 atom stereocenters. The molecule has 0 bridgehead atoms. The van der Waals surface area contributed by atoms with Gasteiger partial charge in [0.25, 0.3) is 0 Å². The fraction of sp³-hybridized carbons (Fsp3) is 0.941. The minimum atomic E-state index is -0.761. The molecule has 0 unspecified atom stereocenters. The van der Waals surface area contributed by atoms with Gasteiger partial charge in [-0.05, 0) is 31.1 Å². The van der Waals surface area contributed by atoms with Crippen LogP contribution in [0.5, 0.6) is 0 Å². The Morgan fingerprint density at radius 3 is 0.860 bits per heavy atom. The molecule has 0 radical (unpaired) electrons. The number of ether oxygens (including phenoxy) is 3. The number of unbranched alkanes of at least 4 members (excludes halogenated alkanes) is 30. The van der Waals surface area contributed by atoms with Crippen LogP contribution in [0.1, 0.15) is 279 Å². The zero-order valence-electron chi connectivity index (χ0n) is 39.0. The quantitative estimate of drug-likeness (QED) is 0.0346. The van der Waals surface area contributed by atoms with E-state index in [2.05, 4.69) is 34.6 Å². The van der Waals surface area contributed by atoms with Crippen LogP contribution in [-0.4, -0.2) is 37.2 Å². The minimum absolute atomic E-state index is 0.0647. The Labute approximate surface area is 355 Å². The van der Waals surface area contributed by atoms with Crippen LogP contribution in [0.2, 0.25) is 0 Å². The number of hydrogen-bond donors (Lipinski definition) is 0. The van der Waals surface area contributed by atoms with Crippen molar-refractivity contribution in [3.05, 3.63) is 0 Å². The largest absolute Gasteiger partial charge is 0.462 e. The van der Waals surface area contributed by atoms with E-state index in [1.807, 2.05) is 0 Å². The standard InChI is InChI=1S/C51H98O6/c1-6-7-8-9-10-11-12-13-14-15-16-17-22-27-33-38-43-51(54)57-48(45-56-50(53)42-37-32-28-23-25-30-35-40-47(4)5)44-55-49(52)41-36-31-26-21-19-18-20-24-29-34-39-46(2)3/h46-48H,6-45H2,1-5H3/t48-/m1/s1. The molecule has 0 saturated carbocycles.